The average Bonchev–Trinajstić information content (AvgIpc) is 1.97. The molecular weight excluding hydrogens is 1300 g/mol. The molecule has 0 bridgehead atoms. The Labute approximate surface area is 650 Å². The lowest BCUT2D eigenvalue weighted by Crippen LogP contribution is -2.44. The van der Waals surface area contributed by atoms with Gasteiger partial charge in [-0.1, -0.05) is 418 Å². The number of allylic oxidation sites excluding steroid dienone is 20. The third kappa shape index (κ3) is 86.8. The summed E-state index contributed by atoms with van der Waals surface area (Å²) in [5.41, 5.74) is 0. The number of hydrogen-bond donors (Lipinski definition) is 0. The summed E-state index contributed by atoms with van der Waals surface area (Å²) < 4.78 is 22.9. The van der Waals surface area contributed by atoms with Crippen molar-refractivity contribution >= 4 is 17.9 Å². The van der Waals surface area contributed by atoms with Gasteiger partial charge in [-0.15, -0.1) is 0 Å². The van der Waals surface area contributed by atoms with E-state index in [-0.39, 0.29) is 32.2 Å². The lowest BCUT2D eigenvalue weighted by Gasteiger charge is -2.26. The Morgan fingerprint density at radius 3 is 0.762 bits per heavy atom. The van der Waals surface area contributed by atoms with E-state index in [1.165, 1.54) is 283 Å². The van der Waals surface area contributed by atoms with Crippen molar-refractivity contribution in [1.82, 2.24) is 0 Å². The third-order valence-corrected chi connectivity index (χ3v) is 19.7. The number of carboxylic acid groups (broad SMARTS) is 1. The van der Waals surface area contributed by atoms with E-state index >= 15 is 0 Å². The molecule has 0 fully saturated rings. The zero-order valence-corrected chi connectivity index (χ0v) is 69.6. The highest BCUT2D eigenvalue weighted by molar-refractivity contribution is 5.70. The molecular formula is C96H169NO8. The van der Waals surface area contributed by atoms with Crippen LogP contribution in [0.1, 0.15) is 412 Å². The predicted molar refractivity (Wildman–Crippen MR) is 453 cm³/mol. The smallest absolute Gasteiger partial charge is 0.306 e. The summed E-state index contributed by atoms with van der Waals surface area (Å²) in [7, 11) is 5.95. The molecule has 0 N–H and O–H groups in total. The van der Waals surface area contributed by atoms with Gasteiger partial charge in [-0.25, -0.2) is 0 Å². The van der Waals surface area contributed by atoms with Crippen LogP contribution in [0.2, 0.25) is 0 Å². The number of likely N-dealkylation sites (N-methyl/N-ethyl adjacent to an activating group) is 1. The Bertz CT molecular complexity index is 2160. The topological polar surface area (TPSA) is 111 Å². The number of unbranched alkanes of at least 4 members (excludes halogenated alkanes) is 48. The van der Waals surface area contributed by atoms with Gasteiger partial charge in [0.2, 0.25) is 0 Å². The molecule has 0 aromatic heterocycles. The minimum Gasteiger partial charge on any atom is -0.545 e. The molecule has 606 valence electrons. The molecule has 2 atom stereocenters. The van der Waals surface area contributed by atoms with E-state index in [1.807, 2.05) is 21.1 Å². The third-order valence-electron chi connectivity index (χ3n) is 19.7. The van der Waals surface area contributed by atoms with Crippen molar-refractivity contribution in [2.75, 3.05) is 47.5 Å². The molecule has 0 saturated carbocycles. The quantitative estimate of drug-likeness (QED) is 0.0195. The van der Waals surface area contributed by atoms with E-state index in [2.05, 4.69) is 135 Å². The number of carbonyl (C=O) groups is 3. The van der Waals surface area contributed by atoms with Crippen LogP contribution < -0.4 is 5.11 Å². The second-order valence-corrected chi connectivity index (χ2v) is 31.1. The minimum absolute atomic E-state index is 0.148. The van der Waals surface area contributed by atoms with Gasteiger partial charge in [-0.05, 0) is 103 Å². The van der Waals surface area contributed by atoms with Crippen LogP contribution in [0.3, 0.4) is 0 Å². The van der Waals surface area contributed by atoms with Crippen molar-refractivity contribution in [1.29, 1.82) is 0 Å². The molecule has 0 heterocycles. The zero-order valence-electron chi connectivity index (χ0n) is 69.6. The van der Waals surface area contributed by atoms with Crippen molar-refractivity contribution in [2.24, 2.45) is 0 Å². The Morgan fingerprint density at radius 2 is 0.514 bits per heavy atom. The molecule has 0 aromatic carbocycles. The van der Waals surface area contributed by atoms with Crippen LogP contribution in [0.25, 0.3) is 0 Å². The fraction of sp³-hybridized carbons (Fsp3) is 0.760. The first-order valence-corrected chi connectivity index (χ1v) is 44.7. The molecule has 9 heteroatoms. The first kappa shape index (κ1) is 101. The van der Waals surface area contributed by atoms with Gasteiger partial charge in [0, 0.05) is 12.8 Å². The number of hydrogen-bond acceptors (Lipinski definition) is 8. The minimum atomic E-state index is -1.62. The maximum Gasteiger partial charge on any atom is 0.306 e. The van der Waals surface area contributed by atoms with E-state index in [0.29, 0.717) is 23.9 Å². The predicted octanol–water partition coefficient (Wildman–Crippen LogP) is 28.0. The van der Waals surface area contributed by atoms with E-state index in [4.69, 9.17) is 18.9 Å². The summed E-state index contributed by atoms with van der Waals surface area (Å²) in [5.74, 6) is -2.26. The molecule has 0 aliphatic carbocycles. The maximum absolute atomic E-state index is 13.0. The molecule has 9 nitrogen and oxygen atoms in total. The van der Waals surface area contributed by atoms with Gasteiger partial charge in [-0.2, -0.15) is 0 Å². The molecule has 0 amide bonds. The highest BCUT2D eigenvalue weighted by atomic mass is 16.7. The monoisotopic (exact) mass is 1460 g/mol. The number of aliphatic carboxylic acids is 1. The molecule has 0 saturated heterocycles. The molecule has 105 heavy (non-hydrogen) atoms. The van der Waals surface area contributed by atoms with Crippen LogP contribution in [0.15, 0.2) is 122 Å². The van der Waals surface area contributed by atoms with E-state index < -0.39 is 24.3 Å². The van der Waals surface area contributed by atoms with Crippen LogP contribution in [0.4, 0.5) is 0 Å². The zero-order chi connectivity index (χ0) is 76.0. The van der Waals surface area contributed by atoms with Crippen LogP contribution in [0, 0.1) is 0 Å². The maximum atomic E-state index is 13.0. The van der Waals surface area contributed by atoms with Gasteiger partial charge in [0.1, 0.15) is 13.2 Å². The second kappa shape index (κ2) is 85.3. The van der Waals surface area contributed by atoms with Gasteiger partial charge >= 0.3 is 11.9 Å². The van der Waals surface area contributed by atoms with E-state index in [9.17, 15) is 19.5 Å². The van der Waals surface area contributed by atoms with Gasteiger partial charge < -0.3 is 33.3 Å². The van der Waals surface area contributed by atoms with Gasteiger partial charge in [-0.3, -0.25) is 9.59 Å². The number of carbonyl (C=O) groups excluding carboxylic acids is 3. The van der Waals surface area contributed by atoms with E-state index in [0.717, 1.165) is 96.3 Å². The fourth-order valence-electron chi connectivity index (χ4n) is 13.0. The number of quaternary nitrogens is 1. The normalized spacial score (nSPS) is 13.2. The summed E-state index contributed by atoms with van der Waals surface area (Å²) in [4.78, 5) is 37.7. The summed E-state index contributed by atoms with van der Waals surface area (Å²) in [6.07, 6.45) is 119. The van der Waals surface area contributed by atoms with Gasteiger partial charge in [0.05, 0.1) is 40.3 Å². The van der Waals surface area contributed by atoms with Crippen molar-refractivity contribution in [3.8, 4) is 0 Å². The SMILES string of the molecule is CC/C=C\C/C=C\C/C=C\C/C=C\C/C=C\C/C=C\CCCCCCCCCCCCCCCCCCCCCCC(=O)OC(COC(=O)CCCCCCCCCCCCCCCCCCCCCCCCCCCCCC/C=C\C/C=C\C/C=C\C/C=C\CC)COC(OCC[N+](C)(C)C)C(=O)[O-]. The number of carboxylic acids is 1. The summed E-state index contributed by atoms with van der Waals surface area (Å²) in [5, 5.41) is 11.9. The first-order valence-electron chi connectivity index (χ1n) is 44.7. The average molecular weight is 1470 g/mol. The van der Waals surface area contributed by atoms with Crippen molar-refractivity contribution in [2.45, 2.75) is 424 Å². The summed E-state index contributed by atoms with van der Waals surface area (Å²) in [6.45, 7) is 4.58. The summed E-state index contributed by atoms with van der Waals surface area (Å²) >= 11 is 0. The van der Waals surface area contributed by atoms with Crippen molar-refractivity contribution in [3.63, 3.8) is 0 Å². The highest BCUT2D eigenvalue weighted by Crippen LogP contribution is 2.20. The van der Waals surface area contributed by atoms with Crippen molar-refractivity contribution < 1.29 is 42.9 Å². The Balaban J connectivity index is 3.92. The second-order valence-electron chi connectivity index (χ2n) is 31.1. The van der Waals surface area contributed by atoms with Crippen LogP contribution >= 0.6 is 0 Å². The van der Waals surface area contributed by atoms with Gasteiger partial charge in [0.15, 0.2) is 12.4 Å². The van der Waals surface area contributed by atoms with Crippen LogP contribution in [0.5, 0.6) is 0 Å². The number of esters is 2. The molecule has 0 rings (SSSR count). The summed E-state index contributed by atoms with van der Waals surface area (Å²) in [6, 6.07) is 0. The number of nitrogens with zero attached hydrogens (tertiary/aromatic N) is 1. The largest absolute Gasteiger partial charge is 0.545 e. The Kier molecular flexibility index (Phi) is 81.8. The molecule has 0 aromatic rings. The first-order chi connectivity index (χ1) is 51.6. The lowest BCUT2D eigenvalue weighted by molar-refractivity contribution is -0.870. The fourth-order valence-corrected chi connectivity index (χ4v) is 13.0. The Morgan fingerprint density at radius 1 is 0.286 bits per heavy atom. The van der Waals surface area contributed by atoms with E-state index in [1.54, 1.807) is 0 Å². The number of rotatable bonds is 83. The van der Waals surface area contributed by atoms with Crippen LogP contribution in [-0.2, 0) is 33.3 Å². The molecule has 0 radical (unpaired) electrons. The molecule has 0 aliphatic heterocycles. The van der Waals surface area contributed by atoms with Gasteiger partial charge in [0.25, 0.3) is 0 Å². The lowest BCUT2D eigenvalue weighted by atomic mass is 10.0. The molecule has 2 unspecified atom stereocenters. The highest BCUT2D eigenvalue weighted by Gasteiger charge is 2.22. The van der Waals surface area contributed by atoms with Crippen LogP contribution in [-0.4, -0.2) is 82.3 Å². The standard InChI is InChI=1S/C96H169NO8/c1-6-8-10-12-14-16-18-20-22-24-26-28-30-32-34-36-38-40-42-44-46-47-49-50-52-54-56-58-60-62-64-66-68-70-72-74-76-78-80-82-84-86-93(98)103-90-92(91-104-96(95(100)101)102-89-88-97(3,4)5)105-94(99)87-85-83-81-79-77-75-73-71-69-67-65-63-61-59-57-55-53-51-48-45-43-41-39-37-35-33-31-29-27-25-23-21-19-17-15-13-11-9-7-2/h8-11,14-17,20-23,26-29,33,35,39,41,92,96H,6-7,12-13,18-19,24-25,30-32,34,36-38,40,42-91H2,1-5H3/b10-8-,11-9-,16-14-,17-15-,22-20-,23-21-,28-26-,29-27-,35-33-,41-39-. The molecule has 0 spiro atoms. The number of ether oxygens (including phenoxy) is 4. The van der Waals surface area contributed by atoms with Crippen molar-refractivity contribution in [3.05, 3.63) is 122 Å². The Hall–Kier alpha value is -4.31. The molecule has 0 aliphatic rings.